The normalized spacial score (nSPS) is 11.2. The van der Waals surface area contributed by atoms with Crippen LogP contribution in [-0.2, 0) is 4.74 Å². The first-order valence-corrected chi connectivity index (χ1v) is 12.2. The molecule has 0 amide bonds. The lowest BCUT2D eigenvalue weighted by atomic mass is 10.1. The van der Waals surface area contributed by atoms with Crippen molar-refractivity contribution in [2.45, 2.75) is 71.6 Å². The first-order chi connectivity index (χ1) is 15.8. The van der Waals surface area contributed by atoms with Crippen molar-refractivity contribution in [3.05, 3.63) is 48.8 Å². The van der Waals surface area contributed by atoms with Crippen LogP contribution in [0.2, 0.25) is 0 Å². The van der Waals surface area contributed by atoms with E-state index in [4.69, 9.17) is 14.2 Å². The number of allylic oxidation sites excluding steroid dienone is 1. The van der Waals surface area contributed by atoms with Gasteiger partial charge in [-0.15, -0.1) is 0 Å². The molecule has 1 aromatic carbocycles. The lowest BCUT2D eigenvalue weighted by molar-refractivity contribution is 0.123. The third-order valence-corrected chi connectivity index (χ3v) is 5.07. The van der Waals surface area contributed by atoms with Crippen LogP contribution in [0.5, 0.6) is 11.5 Å². The summed E-state index contributed by atoms with van der Waals surface area (Å²) in [7, 11) is 0. The van der Waals surface area contributed by atoms with Crippen molar-refractivity contribution in [1.29, 1.82) is 0 Å². The zero-order valence-electron chi connectivity index (χ0n) is 19.9. The van der Waals surface area contributed by atoms with Gasteiger partial charge < -0.3 is 14.2 Å². The van der Waals surface area contributed by atoms with E-state index in [-0.39, 0.29) is 0 Å². The molecular weight excluding hydrogens is 400 g/mol. The van der Waals surface area contributed by atoms with Crippen molar-refractivity contribution >= 4 is 0 Å². The highest BCUT2D eigenvalue weighted by Gasteiger charge is 2.03. The van der Waals surface area contributed by atoms with Crippen LogP contribution in [-0.4, -0.2) is 36.4 Å². The van der Waals surface area contributed by atoms with Crippen molar-refractivity contribution in [2.24, 2.45) is 0 Å². The molecule has 0 bridgehead atoms. The van der Waals surface area contributed by atoms with Gasteiger partial charge in [-0.05, 0) is 56.4 Å². The zero-order valence-corrected chi connectivity index (χ0v) is 19.9. The van der Waals surface area contributed by atoms with Gasteiger partial charge in [-0.3, -0.25) is 0 Å². The minimum Gasteiger partial charge on any atom is -0.494 e. The predicted octanol–water partition coefficient (Wildman–Crippen LogP) is 7.02. The van der Waals surface area contributed by atoms with Crippen LogP contribution < -0.4 is 9.47 Å². The maximum atomic E-state index is 5.81. The molecule has 0 atom stereocenters. The SMILES string of the molecule is CCCCCC/C=C/COc1cnc(-c2ccc(OCCCCOCCCC)cc2)nc1. The first kappa shape index (κ1) is 25.9. The topological polar surface area (TPSA) is 53.5 Å². The van der Waals surface area contributed by atoms with Gasteiger partial charge in [0.25, 0.3) is 0 Å². The summed E-state index contributed by atoms with van der Waals surface area (Å²) >= 11 is 0. The minimum atomic E-state index is 0.549. The summed E-state index contributed by atoms with van der Waals surface area (Å²) in [6.07, 6.45) is 18.3. The summed E-state index contributed by atoms with van der Waals surface area (Å²) in [6.45, 7) is 7.34. The highest BCUT2D eigenvalue weighted by molar-refractivity contribution is 5.56. The monoisotopic (exact) mass is 440 g/mol. The molecule has 1 heterocycles. The molecule has 0 saturated carbocycles. The lowest BCUT2D eigenvalue weighted by Gasteiger charge is -2.08. The Hall–Kier alpha value is -2.40. The molecule has 1 aromatic heterocycles. The van der Waals surface area contributed by atoms with E-state index in [1.807, 2.05) is 24.3 Å². The third-order valence-electron chi connectivity index (χ3n) is 5.07. The Morgan fingerprint density at radius 3 is 2.16 bits per heavy atom. The number of hydrogen-bond donors (Lipinski definition) is 0. The molecule has 0 unspecified atom stereocenters. The fourth-order valence-electron chi connectivity index (χ4n) is 3.10. The molecule has 2 aromatic rings. The summed E-state index contributed by atoms with van der Waals surface area (Å²) in [5.41, 5.74) is 0.959. The fourth-order valence-corrected chi connectivity index (χ4v) is 3.10. The van der Waals surface area contributed by atoms with Crippen molar-refractivity contribution in [3.63, 3.8) is 0 Å². The van der Waals surface area contributed by atoms with E-state index in [1.165, 1.54) is 32.1 Å². The van der Waals surface area contributed by atoms with Gasteiger partial charge in [0.2, 0.25) is 0 Å². The van der Waals surface area contributed by atoms with E-state index < -0.39 is 0 Å². The predicted molar refractivity (Wildman–Crippen MR) is 131 cm³/mol. The molecule has 0 radical (unpaired) electrons. The average molecular weight is 441 g/mol. The highest BCUT2D eigenvalue weighted by Crippen LogP contribution is 2.20. The Kier molecular flexibility index (Phi) is 13.9. The third kappa shape index (κ3) is 11.3. The van der Waals surface area contributed by atoms with E-state index >= 15 is 0 Å². The molecule has 0 aliphatic rings. The van der Waals surface area contributed by atoms with Gasteiger partial charge >= 0.3 is 0 Å². The molecule has 5 nitrogen and oxygen atoms in total. The van der Waals surface area contributed by atoms with Crippen LogP contribution >= 0.6 is 0 Å². The smallest absolute Gasteiger partial charge is 0.159 e. The number of ether oxygens (including phenoxy) is 3. The molecule has 0 spiro atoms. The summed E-state index contributed by atoms with van der Waals surface area (Å²) in [5, 5.41) is 0. The van der Waals surface area contributed by atoms with Crippen molar-refractivity contribution in [1.82, 2.24) is 9.97 Å². The molecule has 0 fully saturated rings. The number of benzene rings is 1. The van der Waals surface area contributed by atoms with E-state index in [0.29, 0.717) is 24.8 Å². The largest absolute Gasteiger partial charge is 0.494 e. The Bertz CT molecular complexity index is 730. The first-order valence-electron chi connectivity index (χ1n) is 12.2. The molecule has 0 saturated heterocycles. The Labute approximate surface area is 194 Å². The number of aromatic nitrogens is 2. The van der Waals surface area contributed by atoms with Crippen molar-refractivity contribution in [2.75, 3.05) is 26.4 Å². The molecule has 32 heavy (non-hydrogen) atoms. The Morgan fingerprint density at radius 2 is 1.41 bits per heavy atom. The van der Waals surface area contributed by atoms with Crippen LogP contribution in [0.1, 0.15) is 71.6 Å². The number of rotatable bonds is 18. The molecule has 176 valence electrons. The maximum Gasteiger partial charge on any atom is 0.159 e. The van der Waals surface area contributed by atoms with E-state index in [1.54, 1.807) is 12.4 Å². The van der Waals surface area contributed by atoms with Crippen molar-refractivity contribution in [3.8, 4) is 22.9 Å². The van der Waals surface area contributed by atoms with Crippen LogP contribution in [0.4, 0.5) is 0 Å². The summed E-state index contributed by atoms with van der Waals surface area (Å²) in [6, 6.07) is 7.90. The average Bonchev–Trinajstić information content (AvgIpc) is 2.83. The molecule has 0 aliphatic heterocycles. The van der Waals surface area contributed by atoms with E-state index in [2.05, 4.69) is 36.0 Å². The van der Waals surface area contributed by atoms with E-state index in [9.17, 15) is 0 Å². The second kappa shape index (κ2) is 17.2. The molecule has 2 rings (SSSR count). The van der Waals surface area contributed by atoms with Gasteiger partial charge in [0, 0.05) is 18.8 Å². The Morgan fingerprint density at radius 1 is 0.688 bits per heavy atom. The van der Waals surface area contributed by atoms with Crippen molar-refractivity contribution < 1.29 is 14.2 Å². The quantitative estimate of drug-likeness (QED) is 0.184. The fraction of sp³-hybridized carbons (Fsp3) is 0.556. The molecule has 0 aliphatic carbocycles. The second-order valence-corrected chi connectivity index (χ2v) is 7.92. The number of unbranched alkanes of at least 4 members (excludes halogenated alkanes) is 6. The summed E-state index contributed by atoms with van der Waals surface area (Å²) in [4.78, 5) is 8.86. The van der Waals surface area contributed by atoms with Gasteiger partial charge in [0.05, 0.1) is 19.0 Å². The summed E-state index contributed by atoms with van der Waals surface area (Å²) < 4.78 is 17.1. The van der Waals surface area contributed by atoms with Gasteiger partial charge in [0.1, 0.15) is 12.4 Å². The van der Waals surface area contributed by atoms with Crippen LogP contribution in [0.15, 0.2) is 48.8 Å². The number of hydrogen-bond acceptors (Lipinski definition) is 5. The summed E-state index contributed by atoms with van der Waals surface area (Å²) in [5.74, 6) is 2.23. The second-order valence-electron chi connectivity index (χ2n) is 7.92. The van der Waals surface area contributed by atoms with E-state index in [0.717, 1.165) is 50.2 Å². The lowest BCUT2D eigenvalue weighted by Crippen LogP contribution is -2.01. The molecular formula is C27H40N2O3. The molecule has 5 heteroatoms. The molecule has 0 N–H and O–H groups in total. The van der Waals surface area contributed by atoms with Crippen LogP contribution in [0.25, 0.3) is 11.4 Å². The Balaban J connectivity index is 1.64. The van der Waals surface area contributed by atoms with Gasteiger partial charge in [-0.25, -0.2) is 9.97 Å². The van der Waals surface area contributed by atoms with Crippen LogP contribution in [0, 0.1) is 0 Å². The highest BCUT2D eigenvalue weighted by atomic mass is 16.5. The minimum absolute atomic E-state index is 0.549. The standard InChI is InChI=1S/C27H40N2O3/c1-3-5-7-8-9-10-11-20-32-26-22-28-27(29-23-26)24-14-16-25(17-15-24)31-21-13-12-19-30-18-6-4-2/h10-11,14-17,22-23H,3-9,12-13,18-21H2,1-2H3/b11-10+. The van der Waals surface area contributed by atoms with Gasteiger partial charge in [0.15, 0.2) is 11.6 Å². The maximum absolute atomic E-state index is 5.81. The van der Waals surface area contributed by atoms with Gasteiger partial charge in [-0.2, -0.15) is 0 Å². The van der Waals surface area contributed by atoms with Gasteiger partial charge in [-0.1, -0.05) is 51.7 Å². The van der Waals surface area contributed by atoms with Crippen LogP contribution in [0.3, 0.4) is 0 Å². The number of nitrogens with zero attached hydrogens (tertiary/aromatic N) is 2. The zero-order chi connectivity index (χ0) is 22.7.